The third kappa shape index (κ3) is 4.62. The van der Waals surface area contributed by atoms with Crippen LogP contribution in [0.25, 0.3) is 78.3 Å². The van der Waals surface area contributed by atoms with E-state index in [1.54, 1.807) is 11.1 Å². The summed E-state index contributed by atoms with van der Waals surface area (Å²) in [6.45, 7) is 4.95. The summed E-state index contributed by atoms with van der Waals surface area (Å²) in [7, 11) is 0. The summed E-state index contributed by atoms with van der Waals surface area (Å²) in [6.07, 6.45) is 6.90. The Kier molecular flexibility index (Phi) is 6.96. The molecule has 4 saturated carbocycles. The standard InChI is InChI=1S/C56H45N3/c1-55(2)47-21-10-8-18-42(47)46-32-45(51-49(50(46)55)44-19-9-11-22-48(44)56(51)39-28-33-27-34(30-39)31-40(56)29-33)36-23-25-38(26-24-36)53-57-52(37-14-4-3-5-15-37)58-54(59-53)43-20-12-16-35-13-6-7-17-41(35)43/h3-26,32-34,39-40H,27-31H2,1-2H3. The molecule has 3 nitrogen and oxygen atoms in total. The average Bonchev–Trinajstić information content (AvgIpc) is 3.71. The molecule has 0 radical (unpaired) electrons. The summed E-state index contributed by atoms with van der Waals surface area (Å²) >= 11 is 0. The lowest BCUT2D eigenvalue weighted by Crippen LogP contribution is -2.55. The molecule has 0 unspecified atom stereocenters. The van der Waals surface area contributed by atoms with Gasteiger partial charge in [0, 0.05) is 27.5 Å². The lowest BCUT2D eigenvalue weighted by molar-refractivity contribution is -0.0397. The molecule has 4 bridgehead atoms. The highest BCUT2D eigenvalue weighted by atomic mass is 15.0. The maximum Gasteiger partial charge on any atom is 0.164 e. The first-order valence-corrected chi connectivity index (χ1v) is 21.8. The SMILES string of the molecule is CC1(C)c2ccccc2-c2cc(-c3ccc(-c4nc(-c5ccccc5)nc(-c5cccc6ccccc56)n4)cc3)c3c(c21)-c1ccccc1C31C2CC3CC(C2)CC1C3. The molecule has 0 N–H and O–H groups in total. The number of hydrogen-bond donors (Lipinski definition) is 0. The normalized spacial score (nSPS) is 23.6. The Balaban J connectivity index is 1.03. The number of fused-ring (bicyclic) bond motifs is 8. The lowest BCUT2D eigenvalue weighted by Gasteiger charge is -2.61. The topological polar surface area (TPSA) is 38.7 Å². The lowest BCUT2D eigenvalue weighted by atomic mass is 9.42. The number of benzene rings is 7. The van der Waals surface area contributed by atoms with Crippen molar-refractivity contribution in [3.05, 3.63) is 174 Å². The van der Waals surface area contributed by atoms with Gasteiger partial charge in [-0.05, 0) is 128 Å². The Morgan fingerprint density at radius 1 is 0.424 bits per heavy atom. The fourth-order valence-corrected chi connectivity index (χ4v) is 13.4. The van der Waals surface area contributed by atoms with E-state index in [0.717, 1.165) is 33.9 Å². The Labute approximate surface area is 346 Å². The van der Waals surface area contributed by atoms with Crippen LogP contribution in [0.4, 0.5) is 0 Å². The second-order valence-electron chi connectivity index (χ2n) is 18.8. The van der Waals surface area contributed by atoms with E-state index in [1.807, 2.05) is 18.2 Å². The summed E-state index contributed by atoms with van der Waals surface area (Å²) in [6, 6.07) is 55.9. The predicted octanol–water partition coefficient (Wildman–Crippen LogP) is 13.7. The van der Waals surface area contributed by atoms with Crippen molar-refractivity contribution in [3.63, 3.8) is 0 Å². The van der Waals surface area contributed by atoms with Crippen molar-refractivity contribution in [2.24, 2.45) is 23.7 Å². The fraction of sp³-hybridized carbons (Fsp3) is 0.232. The van der Waals surface area contributed by atoms with E-state index in [1.165, 1.54) is 82.0 Å². The quantitative estimate of drug-likeness (QED) is 0.179. The van der Waals surface area contributed by atoms with Gasteiger partial charge in [0.05, 0.1) is 0 Å². The average molecular weight is 760 g/mol. The highest BCUT2D eigenvalue weighted by molar-refractivity contribution is 6.00. The zero-order valence-electron chi connectivity index (χ0n) is 33.6. The summed E-state index contributed by atoms with van der Waals surface area (Å²) in [5.74, 6) is 5.19. The van der Waals surface area contributed by atoms with Gasteiger partial charge in [0.25, 0.3) is 0 Å². The molecule has 1 aromatic heterocycles. The zero-order valence-corrected chi connectivity index (χ0v) is 33.6. The molecule has 4 fully saturated rings. The second-order valence-corrected chi connectivity index (χ2v) is 18.8. The number of hydrogen-bond acceptors (Lipinski definition) is 3. The molecule has 0 aliphatic heterocycles. The van der Waals surface area contributed by atoms with E-state index in [9.17, 15) is 0 Å². The molecule has 1 spiro atoms. The van der Waals surface area contributed by atoms with Crippen molar-refractivity contribution in [2.45, 2.75) is 56.8 Å². The molecular formula is C56H45N3. The highest BCUT2D eigenvalue weighted by Gasteiger charge is 2.63. The van der Waals surface area contributed by atoms with Crippen LogP contribution in [-0.2, 0) is 10.8 Å². The van der Waals surface area contributed by atoms with Crippen LogP contribution < -0.4 is 0 Å². The van der Waals surface area contributed by atoms with Gasteiger partial charge in [0.2, 0.25) is 0 Å². The molecule has 14 rings (SSSR count). The van der Waals surface area contributed by atoms with Crippen LogP contribution in [0.2, 0.25) is 0 Å². The van der Waals surface area contributed by atoms with Crippen molar-refractivity contribution < 1.29 is 0 Å². The molecule has 0 atom stereocenters. The van der Waals surface area contributed by atoms with Crippen molar-refractivity contribution in [1.29, 1.82) is 0 Å². The third-order valence-corrected chi connectivity index (χ3v) is 15.5. The Morgan fingerprint density at radius 3 is 1.73 bits per heavy atom. The smallest absolute Gasteiger partial charge is 0.164 e. The monoisotopic (exact) mass is 759 g/mol. The molecule has 6 aliphatic rings. The predicted molar refractivity (Wildman–Crippen MR) is 240 cm³/mol. The van der Waals surface area contributed by atoms with Gasteiger partial charge in [-0.2, -0.15) is 0 Å². The summed E-state index contributed by atoms with van der Waals surface area (Å²) < 4.78 is 0. The summed E-state index contributed by atoms with van der Waals surface area (Å²) in [5.41, 5.74) is 17.7. The Bertz CT molecular complexity index is 3000. The van der Waals surface area contributed by atoms with Crippen LogP contribution >= 0.6 is 0 Å². The first-order chi connectivity index (χ1) is 29.0. The first kappa shape index (κ1) is 33.7. The van der Waals surface area contributed by atoms with Crippen LogP contribution in [-0.4, -0.2) is 15.0 Å². The Hall–Kier alpha value is -6.19. The van der Waals surface area contributed by atoms with Gasteiger partial charge < -0.3 is 0 Å². The molecule has 1 heterocycles. The largest absolute Gasteiger partial charge is 0.208 e. The van der Waals surface area contributed by atoms with Crippen LogP contribution in [0.1, 0.15) is 68.2 Å². The molecule has 6 aliphatic carbocycles. The number of rotatable bonds is 4. The Morgan fingerprint density at radius 2 is 0.983 bits per heavy atom. The summed E-state index contributed by atoms with van der Waals surface area (Å²) in [4.78, 5) is 15.5. The van der Waals surface area contributed by atoms with E-state index < -0.39 is 0 Å². The number of nitrogens with zero attached hydrogens (tertiary/aromatic N) is 3. The van der Waals surface area contributed by atoms with Crippen molar-refractivity contribution in [1.82, 2.24) is 15.0 Å². The molecule has 284 valence electrons. The molecule has 59 heavy (non-hydrogen) atoms. The van der Waals surface area contributed by atoms with Crippen molar-refractivity contribution in [3.8, 4) is 67.5 Å². The van der Waals surface area contributed by atoms with E-state index >= 15 is 0 Å². The zero-order chi connectivity index (χ0) is 39.0. The maximum absolute atomic E-state index is 5.22. The van der Waals surface area contributed by atoms with Gasteiger partial charge in [-0.3, -0.25) is 0 Å². The van der Waals surface area contributed by atoms with Gasteiger partial charge in [0.1, 0.15) is 0 Å². The minimum atomic E-state index is -0.0973. The molecule has 0 amide bonds. The molecule has 0 saturated heterocycles. The minimum Gasteiger partial charge on any atom is -0.208 e. The van der Waals surface area contributed by atoms with Crippen LogP contribution in [0.3, 0.4) is 0 Å². The summed E-state index contributed by atoms with van der Waals surface area (Å²) in [5, 5.41) is 2.31. The molecule has 3 heteroatoms. The van der Waals surface area contributed by atoms with E-state index in [2.05, 4.69) is 147 Å². The van der Waals surface area contributed by atoms with E-state index in [0.29, 0.717) is 29.3 Å². The van der Waals surface area contributed by atoms with Crippen LogP contribution in [0.5, 0.6) is 0 Å². The van der Waals surface area contributed by atoms with Gasteiger partial charge in [-0.1, -0.05) is 159 Å². The third-order valence-electron chi connectivity index (χ3n) is 15.5. The number of aromatic nitrogens is 3. The van der Waals surface area contributed by atoms with Crippen molar-refractivity contribution >= 4 is 10.8 Å². The van der Waals surface area contributed by atoms with E-state index in [-0.39, 0.29) is 10.8 Å². The van der Waals surface area contributed by atoms with Crippen LogP contribution in [0.15, 0.2) is 152 Å². The first-order valence-electron chi connectivity index (χ1n) is 21.8. The highest BCUT2D eigenvalue weighted by Crippen LogP contribution is 2.72. The van der Waals surface area contributed by atoms with Gasteiger partial charge in [-0.25, -0.2) is 15.0 Å². The van der Waals surface area contributed by atoms with E-state index in [4.69, 9.17) is 15.0 Å². The molecular weight excluding hydrogens is 715 g/mol. The molecule has 8 aromatic rings. The van der Waals surface area contributed by atoms with Gasteiger partial charge >= 0.3 is 0 Å². The fourth-order valence-electron chi connectivity index (χ4n) is 13.4. The van der Waals surface area contributed by atoms with Crippen LogP contribution in [0, 0.1) is 23.7 Å². The molecule has 7 aromatic carbocycles. The second kappa shape index (κ2) is 12.2. The van der Waals surface area contributed by atoms with Gasteiger partial charge in [0.15, 0.2) is 17.5 Å². The maximum atomic E-state index is 5.22. The van der Waals surface area contributed by atoms with Crippen molar-refractivity contribution in [2.75, 3.05) is 0 Å². The minimum absolute atomic E-state index is 0.0411. The van der Waals surface area contributed by atoms with Gasteiger partial charge in [-0.15, -0.1) is 0 Å².